The zero-order chi connectivity index (χ0) is 16.9. The van der Waals surface area contributed by atoms with Gasteiger partial charge < -0.3 is 15.0 Å². The molecule has 23 heavy (non-hydrogen) atoms. The Morgan fingerprint density at radius 1 is 1.43 bits per heavy atom. The maximum absolute atomic E-state index is 6.35. The molecule has 1 aliphatic rings. The third kappa shape index (κ3) is 4.85. The molecule has 128 valence electrons. The summed E-state index contributed by atoms with van der Waals surface area (Å²) in [5.74, 6) is 1.51. The molecule has 1 fully saturated rings. The Hall–Kier alpha value is -1.26. The molecule has 5 heteroatoms. The molecular weight excluding hydrogens is 310 g/mol. The second-order valence-electron chi connectivity index (χ2n) is 6.87. The molecule has 1 N–H and O–H groups in total. The molecule has 0 saturated carbocycles. The number of nitrogens with one attached hydrogen (secondary N) is 1. The average molecular weight is 338 g/mol. The maximum Gasteiger partial charge on any atom is 0.193 e. The molecule has 4 nitrogen and oxygen atoms in total. The fraction of sp³-hybridized carbons (Fsp3) is 0.611. The summed E-state index contributed by atoms with van der Waals surface area (Å²) in [5, 5.41) is 4.30. The lowest BCUT2D eigenvalue weighted by atomic mass is 9.84. The molecule has 1 saturated heterocycles. The molecule has 2 rings (SSSR count). The predicted octanol–water partition coefficient (Wildman–Crippen LogP) is 3.16. The number of hydrogen-bond donors (Lipinski definition) is 1. The van der Waals surface area contributed by atoms with E-state index in [-0.39, 0.29) is 5.41 Å². The molecule has 0 spiro atoms. The third-order valence-corrected chi connectivity index (χ3v) is 4.75. The zero-order valence-corrected chi connectivity index (χ0v) is 15.4. The Morgan fingerprint density at radius 2 is 2.17 bits per heavy atom. The zero-order valence-electron chi connectivity index (χ0n) is 14.6. The molecule has 1 atom stereocenters. The van der Waals surface area contributed by atoms with Crippen LogP contribution in [0, 0.1) is 5.92 Å². The molecular formula is C18H28ClN3O. The standard InChI is InChI=1S/C18H28ClN3O/c1-18(2,15-7-5-6-8-16(15)19)13-21-17(20-3)22(4)11-14-9-10-23-12-14/h5-8,14H,9-13H2,1-4H3,(H,20,21). The molecule has 1 aromatic carbocycles. The van der Waals surface area contributed by atoms with Crippen molar-refractivity contribution in [2.45, 2.75) is 25.7 Å². The van der Waals surface area contributed by atoms with Crippen LogP contribution in [-0.4, -0.2) is 51.3 Å². The van der Waals surface area contributed by atoms with Gasteiger partial charge in [-0.25, -0.2) is 0 Å². The van der Waals surface area contributed by atoms with E-state index in [4.69, 9.17) is 16.3 Å². The topological polar surface area (TPSA) is 36.9 Å². The molecule has 0 aromatic heterocycles. The summed E-state index contributed by atoms with van der Waals surface area (Å²) in [6.07, 6.45) is 1.13. The van der Waals surface area contributed by atoms with Crippen LogP contribution >= 0.6 is 11.6 Å². The Labute approximate surface area is 144 Å². The highest BCUT2D eigenvalue weighted by Gasteiger charge is 2.25. The molecule has 0 amide bonds. The van der Waals surface area contributed by atoms with E-state index >= 15 is 0 Å². The number of aliphatic imine (C=N–C) groups is 1. The second-order valence-corrected chi connectivity index (χ2v) is 7.28. The maximum atomic E-state index is 6.35. The van der Waals surface area contributed by atoms with Gasteiger partial charge in [0.1, 0.15) is 0 Å². The van der Waals surface area contributed by atoms with Gasteiger partial charge in [-0.2, -0.15) is 0 Å². The summed E-state index contributed by atoms with van der Waals surface area (Å²) < 4.78 is 5.45. The van der Waals surface area contributed by atoms with Gasteiger partial charge >= 0.3 is 0 Å². The van der Waals surface area contributed by atoms with Gasteiger partial charge in [-0.3, -0.25) is 4.99 Å². The summed E-state index contributed by atoms with van der Waals surface area (Å²) in [6.45, 7) is 7.86. The molecule has 1 aliphatic heterocycles. The van der Waals surface area contributed by atoms with Crippen LogP contribution in [0.25, 0.3) is 0 Å². The van der Waals surface area contributed by atoms with Crippen LogP contribution in [0.4, 0.5) is 0 Å². The van der Waals surface area contributed by atoms with Gasteiger partial charge in [-0.05, 0) is 18.1 Å². The van der Waals surface area contributed by atoms with E-state index in [1.165, 1.54) is 0 Å². The number of rotatable bonds is 5. The highest BCUT2D eigenvalue weighted by Crippen LogP contribution is 2.29. The van der Waals surface area contributed by atoms with Gasteiger partial charge in [0.2, 0.25) is 0 Å². The minimum atomic E-state index is -0.0778. The Balaban J connectivity index is 1.95. The number of guanidine groups is 1. The fourth-order valence-electron chi connectivity index (χ4n) is 2.99. The summed E-state index contributed by atoms with van der Waals surface area (Å²) in [6, 6.07) is 8.03. The van der Waals surface area contributed by atoms with Crippen molar-refractivity contribution in [1.82, 2.24) is 10.2 Å². The number of nitrogens with zero attached hydrogens (tertiary/aromatic N) is 2. The van der Waals surface area contributed by atoms with Crippen LogP contribution in [0.3, 0.4) is 0 Å². The van der Waals surface area contributed by atoms with Crippen LogP contribution in [-0.2, 0) is 10.2 Å². The lowest BCUT2D eigenvalue weighted by molar-refractivity contribution is 0.181. The van der Waals surface area contributed by atoms with E-state index in [1.54, 1.807) is 0 Å². The van der Waals surface area contributed by atoms with E-state index in [0.29, 0.717) is 5.92 Å². The molecule has 1 heterocycles. The normalized spacial score (nSPS) is 19.0. The number of ether oxygens (including phenoxy) is 1. The first-order valence-electron chi connectivity index (χ1n) is 8.18. The Bertz CT molecular complexity index is 539. The van der Waals surface area contributed by atoms with Crippen molar-refractivity contribution in [3.05, 3.63) is 34.9 Å². The summed E-state index contributed by atoms with van der Waals surface area (Å²) in [5.41, 5.74) is 1.07. The van der Waals surface area contributed by atoms with Gasteiger partial charge in [-0.1, -0.05) is 43.6 Å². The van der Waals surface area contributed by atoms with Crippen LogP contribution in [0.1, 0.15) is 25.8 Å². The first-order valence-corrected chi connectivity index (χ1v) is 8.56. The quantitative estimate of drug-likeness (QED) is 0.662. The first kappa shape index (κ1) is 18.1. The molecule has 0 aliphatic carbocycles. The van der Waals surface area contributed by atoms with Crippen LogP contribution in [0.15, 0.2) is 29.3 Å². The predicted molar refractivity (Wildman–Crippen MR) is 97.4 cm³/mol. The average Bonchev–Trinajstić information content (AvgIpc) is 3.01. The lowest BCUT2D eigenvalue weighted by Crippen LogP contribution is -2.45. The molecule has 0 radical (unpaired) electrons. The Kier molecular flexibility index (Phi) is 6.31. The lowest BCUT2D eigenvalue weighted by Gasteiger charge is -2.30. The van der Waals surface area contributed by atoms with Gasteiger partial charge in [0.05, 0.1) is 6.61 Å². The third-order valence-electron chi connectivity index (χ3n) is 4.42. The fourth-order valence-corrected chi connectivity index (χ4v) is 3.38. The summed E-state index contributed by atoms with van der Waals surface area (Å²) >= 11 is 6.35. The van der Waals surface area contributed by atoms with Crippen LogP contribution in [0.5, 0.6) is 0 Å². The van der Waals surface area contributed by atoms with Gasteiger partial charge in [0.15, 0.2) is 5.96 Å². The van der Waals surface area contributed by atoms with Gasteiger partial charge in [-0.15, -0.1) is 0 Å². The molecule has 1 unspecified atom stereocenters. The highest BCUT2D eigenvalue weighted by molar-refractivity contribution is 6.31. The SMILES string of the molecule is CN=C(NCC(C)(C)c1ccccc1Cl)N(C)CC1CCOC1. The van der Waals surface area contributed by atoms with Crippen molar-refractivity contribution in [3.63, 3.8) is 0 Å². The van der Waals surface area contributed by atoms with Crippen molar-refractivity contribution < 1.29 is 4.74 Å². The van der Waals surface area contributed by atoms with E-state index in [0.717, 1.165) is 49.3 Å². The van der Waals surface area contributed by atoms with Crippen molar-refractivity contribution in [3.8, 4) is 0 Å². The van der Waals surface area contributed by atoms with E-state index in [9.17, 15) is 0 Å². The smallest absolute Gasteiger partial charge is 0.193 e. The van der Waals surface area contributed by atoms with Crippen molar-refractivity contribution in [1.29, 1.82) is 0 Å². The highest BCUT2D eigenvalue weighted by atomic mass is 35.5. The monoisotopic (exact) mass is 337 g/mol. The van der Waals surface area contributed by atoms with E-state index in [2.05, 4.69) is 42.2 Å². The van der Waals surface area contributed by atoms with Gasteiger partial charge in [0.25, 0.3) is 0 Å². The van der Waals surface area contributed by atoms with Crippen molar-refractivity contribution in [2.24, 2.45) is 10.9 Å². The molecule has 1 aromatic rings. The number of halogens is 1. The molecule has 0 bridgehead atoms. The second kappa shape index (κ2) is 8.02. The largest absolute Gasteiger partial charge is 0.381 e. The van der Waals surface area contributed by atoms with Crippen LogP contribution < -0.4 is 5.32 Å². The van der Waals surface area contributed by atoms with Gasteiger partial charge in [0, 0.05) is 50.1 Å². The number of benzene rings is 1. The van der Waals surface area contributed by atoms with Crippen LogP contribution in [0.2, 0.25) is 5.02 Å². The Morgan fingerprint density at radius 3 is 2.78 bits per heavy atom. The minimum absolute atomic E-state index is 0.0778. The summed E-state index contributed by atoms with van der Waals surface area (Å²) in [4.78, 5) is 6.59. The van der Waals surface area contributed by atoms with E-state index in [1.807, 2.05) is 25.2 Å². The summed E-state index contributed by atoms with van der Waals surface area (Å²) in [7, 11) is 3.91. The minimum Gasteiger partial charge on any atom is -0.381 e. The van der Waals surface area contributed by atoms with Crippen molar-refractivity contribution >= 4 is 17.6 Å². The van der Waals surface area contributed by atoms with E-state index < -0.39 is 0 Å². The van der Waals surface area contributed by atoms with Crippen molar-refractivity contribution in [2.75, 3.05) is 40.4 Å². The first-order chi connectivity index (χ1) is 10.9. The number of hydrogen-bond acceptors (Lipinski definition) is 2.